The quantitative estimate of drug-likeness (QED) is 0.876. The summed E-state index contributed by atoms with van der Waals surface area (Å²) < 4.78 is 14.6. The number of amides is 1. The largest absolute Gasteiger partial charge is 0.338 e. The number of rotatable bonds is 2. The highest BCUT2D eigenvalue weighted by molar-refractivity contribution is 9.10. The van der Waals surface area contributed by atoms with Crippen LogP contribution in [-0.4, -0.2) is 18.4 Å². The Balaban J connectivity index is 2.46. The van der Waals surface area contributed by atoms with Crippen LogP contribution in [0.25, 0.3) is 0 Å². The van der Waals surface area contributed by atoms with Gasteiger partial charge in [-0.2, -0.15) is 0 Å². The van der Waals surface area contributed by atoms with Crippen LogP contribution in [-0.2, 0) is 10.3 Å². The summed E-state index contributed by atoms with van der Waals surface area (Å²) in [6.45, 7) is 4.03. The predicted molar refractivity (Wildman–Crippen MR) is 70.7 cm³/mol. The SMILES string of the molecule is CCN=C1NC(=O)C(C)(c2cc(Br)ccc2F)N1. The Morgan fingerprint density at radius 3 is 2.89 bits per heavy atom. The molecule has 1 saturated heterocycles. The minimum Gasteiger partial charge on any atom is -0.338 e. The molecule has 0 bridgehead atoms. The standard InChI is InChI=1S/C12H13BrFN3O/c1-3-15-11-16-10(18)12(2,17-11)8-6-7(13)4-5-9(8)14/h4-6H,3H2,1-2H3,(H2,15,16,17,18). The molecule has 2 rings (SSSR count). The zero-order chi connectivity index (χ0) is 13.3. The Bertz CT molecular complexity index is 532. The molecule has 6 heteroatoms. The Labute approximate surface area is 113 Å². The number of hydrogen-bond acceptors (Lipinski definition) is 2. The number of aliphatic imine (C=N–C) groups is 1. The summed E-state index contributed by atoms with van der Waals surface area (Å²) in [6.07, 6.45) is 0. The van der Waals surface area contributed by atoms with Crippen molar-refractivity contribution in [2.45, 2.75) is 19.4 Å². The molecule has 1 heterocycles. The van der Waals surface area contributed by atoms with Crippen molar-refractivity contribution in [2.24, 2.45) is 4.99 Å². The van der Waals surface area contributed by atoms with E-state index in [1.54, 1.807) is 19.1 Å². The van der Waals surface area contributed by atoms with Gasteiger partial charge in [0.1, 0.15) is 11.4 Å². The molecule has 96 valence electrons. The van der Waals surface area contributed by atoms with Gasteiger partial charge in [0.2, 0.25) is 0 Å². The second kappa shape index (κ2) is 4.68. The van der Waals surface area contributed by atoms with E-state index in [2.05, 4.69) is 31.6 Å². The molecule has 1 unspecified atom stereocenters. The summed E-state index contributed by atoms with van der Waals surface area (Å²) in [4.78, 5) is 16.1. The Morgan fingerprint density at radius 2 is 2.22 bits per heavy atom. The number of halogens is 2. The molecule has 1 aromatic carbocycles. The highest BCUT2D eigenvalue weighted by atomic mass is 79.9. The van der Waals surface area contributed by atoms with E-state index in [4.69, 9.17) is 0 Å². The fourth-order valence-electron chi connectivity index (χ4n) is 1.86. The topological polar surface area (TPSA) is 53.5 Å². The van der Waals surface area contributed by atoms with Gasteiger partial charge < -0.3 is 5.32 Å². The molecular formula is C12H13BrFN3O. The third kappa shape index (κ3) is 2.12. The summed E-state index contributed by atoms with van der Waals surface area (Å²) in [5.41, 5.74) is -0.849. The molecule has 1 amide bonds. The maximum absolute atomic E-state index is 13.9. The number of carbonyl (C=O) groups excluding carboxylic acids is 1. The Morgan fingerprint density at radius 1 is 1.50 bits per heavy atom. The molecule has 0 aromatic heterocycles. The van der Waals surface area contributed by atoms with Gasteiger partial charge in [-0.15, -0.1) is 0 Å². The fraction of sp³-hybridized carbons (Fsp3) is 0.333. The summed E-state index contributed by atoms with van der Waals surface area (Å²) in [5, 5.41) is 5.54. The van der Waals surface area contributed by atoms with Crippen LogP contribution < -0.4 is 10.6 Å². The van der Waals surface area contributed by atoms with Gasteiger partial charge in [-0.3, -0.25) is 15.1 Å². The third-order valence-electron chi connectivity index (χ3n) is 2.84. The fourth-order valence-corrected chi connectivity index (χ4v) is 2.23. The molecule has 0 aliphatic carbocycles. The Hall–Kier alpha value is -1.43. The summed E-state index contributed by atoms with van der Waals surface area (Å²) in [7, 11) is 0. The van der Waals surface area contributed by atoms with Gasteiger partial charge in [-0.1, -0.05) is 15.9 Å². The van der Waals surface area contributed by atoms with E-state index in [0.29, 0.717) is 12.5 Å². The monoisotopic (exact) mass is 313 g/mol. The van der Waals surface area contributed by atoms with Gasteiger partial charge >= 0.3 is 0 Å². The smallest absolute Gasteiger partial charge is 0.256 e. The van der Waals surface area contributed by atoms with Crippen molar-refractivity contribution in [3.63, 3.8) is 0 Å². The van der Waals surface area contributed by atoms with Gasteiger partial charge in [0.15, 0.2) is 5.96 Å². The minimum absolute atomic E-state index is 0.288. The summed E-state index contributed by atoms with van der Waals surface area (Å²) in [5.74, 6) is -0.364. The average molecular weight is 314 g/mol. The zero-order valence-electron chi connectivity index (χ0n) is 10.1. The first-order valence-corrected chi connectivity index (χ1v) is 6.36. The van der Waals surface area contributed by atoms with E-state index < -0.39 is 11.4 Å². The van der Waals surface area contributed by atoms with Crippen molar-refractivity contribution in [2.75, 3.05) is 6.54 Å². The number of nitrogens with zero attached hydrogens (tertiary/aromatic N) is 1. The van der Waals surface area contributed by atoms with E-state index in [9.17, 15) is 9.18 Å². The maximum Gasteiger partial charge on any atom is 0.256 e. The lowest BCUT2D eigenvalue weighted by molar-refractivity contribution is -0.123. The molecule has 1 aliphatic rings. The zero-order valence-corrected chi connectivity index (χ0v) is 11.6. The van der Waals surface area contributed by atoms with Crippen LogP contribution in [0.5, 0.6) is 0 Å². The van der Waals surface area contributed by atoms with Crippen molar-refractivity contribution in [1.82, 2.24) is 10.6 Å². The predicted octanol–water partition coefficient (Wildman–Crippen LogP) is 1.90. The molecular weight excluding hydrogens is 301 g/mol. The van der Waals surface area contributed by atoms with E-state index in [-0.39, 0.29) is 11.5 Å². The third-order valence-corrected chi connectivity index (χ3v) is 3.33. The van der Waals surface area contributed by atoms with Gasteiger partial charge in [-0.25, -0.2) is 4.39 Å². The average Bonchev–Trinajstić information content (AvgIpc) is 2.59. The lowest BCUT2D eigenvalue weighted by Crippen LogP contribution is -2.41. The lowest BCUT2D eigenvalue weighted by atomic mass is 9.92. The molecule has 1 atom stereocenters. The van der Waals surface area contributed by atoms with Crippen LogP contribution in [0.4, 0.5) is 4.39 Å². The first-order valence-electron chi connectivity index (χ1n) is 5.57. The molecule has 0 radical (unpaired) electrons. The highest BCUT2D eigenvalue weighted by Gasteiger charge is 2.44. The first kappa shape index (κ1) is 13.0. The summed E-state index contributed by atoms with van der Waals surface area (Å²) >= 11 is 3.28. The van der Waals surface area contributed by atoms with Crippen molar-refractivity contribution in [3.8, 4) is 0 Å². The molecule has 1 aromatic rings. The minimum atomic E-state index is -1.14. The van der Waals surface area contributed by atoms with Crippen LogP contribution in [0.1, 0.15) is 19.4 Å². The van der Waals surface area contributed by atoms with Crippen molar-refractivity contribution >= 4 is 27.8 Å². The van der Waals surface area contributed by atoms with Crippen LogP contribution in [0.2, 0.25) is 0 Å². The van der Waals surface area contributed by atoms with Crippen molar-refractivity contribution in [3.05, 3.63) is 34.1 Å². The van der Waals surface area contributed by atoms with Crippen molar-refractivity contribution < 1.29 is 9.18 Å². The van der Waals surface area contributed by atoms with E-state index in [0.717, 1.165) is 4.47 Å². The van der Waals surface area contributed by atoms with E-state index >= 15 is 0 Å². The van der Waals surface area contributed by atoms with E-state index in [1.807, 2.05) is 6.92 Å². The number of nitrogens with one attached hydrogen (secondary N) is 2. The molecule has 0 spiro atoms. The number of guanidine groups is 1. The lowest BCUT2D eigenvalue weighted by Gasteiger charge is -2.22. The van der Waals surface area contributed by atoms with Crippen LogP contribution in [0.15, 0.2) is 27.7 Å². The van der Waals surface area contributed by atoms with Gasteiger partial charge in [-0.05, 0) is 32.0 Å². The van der Waals surface area contributed by atoms with Crippen molar-refractivity contribution in [1.29, 1.82) is 0 Å². The molecule has 2 N–H and O–H groups in total. The maximum atomic E-state index is 13.9. The molecule has 0 saturated carbocycles. The van der Waals surface area contributed by atoms with Gasteiger partial charge in [0, 0.05) is 16.6 Å². The second-order valence-corrected chi connectivity index (χ2v) is 5.07. The van der Waals surface area contributed by atoms with Crippen LogP contribution in [0.3, 0.4) is 0 Å². The number of hydrogen-bond donors (Lipinski definition) is 2. The molecule has 1 fully saturated rings. The second-order valence-electron chi connectivity index (χ2n) is 4.15. The molecule has 1 aliphatic heterocycles. The highest BCUT2D eigenvalue weighted by Crippen LogP contribution is 2.29. The number of carbonyl (C=O) groups is 1. The van der Waals surface area contributed by atoms with Gasteiger partial charge in [0.05, 0.1) is 0 Å². The summed E-state index contributed by atoms with van der Waals surface area (Å²) in [6, 6.07) is 4.52. The Kier molecular flexibility index (Phi) is 3.38. The van der Waals surface area contributed by atoms with Crippen LogP contribution >= 0.6 is 15.9 Å². The first-order chi connectivity index (χ1) is 8.47. The van der Waals surface area contributed by atoms with E-state index in [1.165, 1.54) is 6.07 Å². The normalized spacial score (nSPS) is 25.1. The molecule has 4 nitrogen and oxygen atoms in total. The van der Waals surface area contributed by atoms with Gasteiger partial charge in [0.25, 0.3) is 5.91 Å². The molecule has 18 heavy (non-hydrogen) atoms. The van der Waals surface area contributed by atoms with Crippen LogP contribution in [0, 0.1) is 5.82 Å². The number of benzene rings is 1.